The van der Waals surface area contributed by atoms with Crippen molar-refractivity contribution in [3.05, 3.63) is 76.8 Å². The third kappa shape index (κ3) is 6.38. The molecule has 0 bridgehead atoms. The van der Waals surface area contributed by atoms with Crippen molar-refractivity contribution in [1.29, 1.82) is 0 Å². The highest BCUT2D eigenvalue weighted by Crippen LogP contribution is 2.35. The molecule has 0 spiro atoms. The zero-order chi connectivity index (χ0) is 24.8. The largest absolute Gasteiger partial charge is 0.494 e. The Labute approximate surface area is 213 Å². The molecule has 1 aliphatic rings. The standard InChI is InChI=1S/C26H24Cl2N2O5/c1-17(35-23-10-8-18(27)14-21(23)28)26(32)29-19-9-11-24-22(15-19)30(25(31)16-34-24)12-5-13-33-20-6-3-2-4-7-20/h2-4,6-11,14-15,17H,5,12-13,16H2,1H3,(H,29,32). The topological polar surface area (TPSA) is 77.1 Å². The second-order valence-electron chi connectivity index (χ2n) is 7.86. The molecule has 3 aromatic carbocycles. The summed E-state index contributed by atoms with van der Waals surface area (Å²) in [5.41, 5.74) is 1.10. The number of nitrogens with zero attached hydrogens (tertiary/aromatic N) is 1. The van der Waals surface area contributed by atoms with Crippen molar-refractivity contribution in [2.24, 2.45) is 0 Å². The molecule has 9 heteroatoms. The van der Waals surface area contributed by atoms with Gasteiger partial charge < -0.3 is 24.4 Å². The first-order valence-electron chi connectivity index (χ1n) is 11.1. The first-order valence-corrected chi connectivity index (χ1v) is 11.8. The van der Waals surface area contributed by atoms with Gasteiger partial charge in [0.2, 0.25) is 0 Å². The summed E-state index contributed by atoms with van der Waals surface area (Å²) in [5, 5.41) is 3.60. The van der Waals surface area contributed by atoms with E-state index in [0.717, 1.165) is 5.75 Å². The summed E-state index contributed by atoms with van der Waals surface area (Å²) in [6.07, 6.45) is -0.197. The molecule has 0 aromatic heterocycles. The minimum atomic E-state index is -0.825. The normalized spacial score (nSPS) is 13.5. The van der Waals surface area contributed by atoms with Crippen molar-refractivity contribution in [3.8, 4) is 17.2 Å². The van der Waals surface area contributed by atoms with Crippen LogP contribution in [0.4, 0.5) is 11.4 Å². The predicted octanol–water partition coefficient (Wildman–Crippen LogP) is 5.59. The molecule has 35 heavy (non-hydrogen) atoms. The van der Waals surface area contributed by atoms with Gasteiger partial charge in [-0.05, 0) is 61.9 Å². The molecule has 1 N–H and O–H groups in total. The Morgan fingerprint density at radius 2 is 1.91 bits per heavy atom. The summed E-state index contributed by atoms with van der Waals surface area (Å²) < 4.78 is 17.0. The number of anilines is 2. The monoisotopic (exact) mass is 514 g/mol. The van der Waals surface area contributed by atoms with Crippen LogP contribution in [0.2, 0.25) is 10.0 Å². The number of nitrogens with one attached hydrogen (secondary N) is 1. The van der Waals surface area contributed by atoms with Crippen molar-refractivity contribution in [2.45, 2.75) is 19.4 Å². The fraction of sp³-hybridized carbons (Fsp3) is 0.231. The van der Waals surface area contributed by atoms with E-state index in [0.29, 0.717) is 52.5 Å². The van der Waals surface area contributed by atoms with Gasteiger partial charge >= 0.3 is 0 Å². The van der Waals surface area contributed by atoms with E-state index in [1.807, 2.05) is 30.3 Å². The predicted molar refractivity (Wildman–Crippen MR) is 136 cm³/mol. The maximum Gasteiger partial charge on any atom is 0.265 e. The lowest BCUT2D eigenvalue weighted by molar-refractivity contribution is -0.122. The molecule has 0 saturated heterocycles. The van der Waals surface area contributed by atoms with Crippen LogP contribution in [-0.4, -0.2) is 37.7 Å². The van der Waals surface area contributed by atoms with Crippen molar-refractivity contribution in [2.75, 3.05) is 30.0 Å². The molecule has 1 unspecified atom stereocenters. The number of para-hydroxylation sites is 1. The summed E-state index contributed by atoms with van der Waals surface area (Å²) in [6, 6.07) is 19.4. The molecule has 1 heterocycles. The number of rotatable bonds is 9. The maximum atomic E-state index is 12.7. The second kappa shape index (κ2) is 11.3. The number of hydrogen-bond acceptors (Lipinski definition) is 5. The summed E-state index contributed by atoms with van der Waals surface area (Å²) in [6.45, 7) is 2.49. The fourth-order valence-corrected chi connectivity index (χ4v) is 3.97. The second-order valence-corrected chi connectivity index (χ2v) is 8.70. The Balaban J connectivity index is 1.39. The minimum Gasteiger partial charge on any atom is -0.494 e. The zero-order valence-electron chi connectivity index (χ0n) is 19.0. The number of fused-ring (bicyclic) bond motifs is 1. The molecule has 0 aliphatic carbocycles. The number of amides is 2. The van der Waals surface area contributed by atoms with Crippen LogP contribution in [0.25, 0.3) is 0 Å². The highest BCUT2D eigenvalue weighted by Gasteiger charge is 2.26. The van der Waals surface area contributed by atoms with Crippen LogP contribution in [0, 0.1) is 0 Å². The number of ether oxygens (including phenoxy) is 3. The lowest BCUT2D eigenvalue weighted by Crippen LogP contribution is -2.40. The van der Waals surface area contributed by atoms with Gasteiger partial charge in [0.15, 0.2) is 12.7 Å². The van der Waals surface area contributed by atoms with E-state index in [-0.39, 0.29) is 18.4 Å². The molecule has 1 aliphatic heterocycles. The Morgan fingerprint density at radius 3 is 2.69 bits per heavy atom. The van der Waals surface area contributed by atoms with E-state index in [2.05, 4.69) is 5.32 Å². The van der Waals surface area contributed by atoms with Crippen molar-refractivity contribution >= 4 is 46.4 Å². The van der Waals surface area contributed by atoms with Crippen molar-refractivity contribution in [3.63, 3.8) is 0 Å². The van der Waals surface area contributed by atoms with Gasteiger partial charge in [-0.15, -0.1) is 0 Å². The van der Waals surface area contributed by atoms with E-state index < -0.39 is 6.10 Å². The fourth-order valence-electron chi connectivity index (χ4n) is 3.51. The van der Waals surface area contributed by atoms with Crippen molar-refractivity contribution < 1.29 is 23.8 Å². The van der Waals surface area contributed by atoms with Gasteiger partial charge in [0.05, 0.1) is 17.3 Å². The Hall–Kier alpha value is -3.42. The first kappa shape index (κ1) is 24.7. The van der Waals surface area contributed by atoms with Crippen LogP contribution in [-0.2, 0) is 9.59 Å². The van der Waals surface area contributed by atoms with Gasteiger partial charge in [-0.3, -0.25) is 9.59 Å². The SMILES string of the molecule is CC(Oc1ccc(Cl)cc1Cl)C(=O)Nc1ccc2c(c1)N(CCCOc1ccccc1)C(=O)CO2. The number of halogens is 2. The molecule has 0 saturated carbocycles. The van der Waals surface area contributed by atoms with Gasteiger partial charge in [-0.25, -0.2) is 0 Å². The molecule has 0 radical (unpaired) electrons. The molecular weight excluding hydrogens is 491 g/mol. The number of benzene rings is 3. The summed E-state index contributed by atoms with van der Waals surface area (Å²) in [7, 11) is 0. The van der Waals surface area contributed by atoms with Crippen LogP contribution in [0.15, 0.2) is 66.7 Å². The number of carbonyl (C=O) groups is 2. The lowest BCUT2D eigenvalue weighted by atomic mass is 10.2. The van der Waals surface area contributed by atoms with Gasteiger partial charge in [-0.1, -0.05) is 41.4 Å². The number of hydrogen-bond donors (Lipinski definition) is 1. The third-order valence-electron chi connectivity index (χ3n) is 5.27. The molecule has 0 fully saturated rings. The van der Waals surface area contributed by atoms with E-state index in [1.54, 1.807) is 48.2 Å². The number of carbonyl (C=O) groups excluding carboxylic acids is 2. The highest BCUT2D eigenvalue weighted by atomic mass is 35.5. The lowest BCUT2D eigenvalue weighted by Gasteiger charge is -2.30. The average Bonchev–Trinajstić information content (AvgIpc) is 2.85. The van der Waals surface area contributed by atoms with Crippen LogP contribution in [0.1, 0.15) is 13.3 Å². The summed E-state index contributed by atoms with van der Waals surface area (Å²) in [5.74, 6) is 1.18. The summed E-state index contributed by atoms with van der Waals surface area (Å²) >= 11 is 12.0. The van der Waals surface area contributed by atoms with E-state index in [1.165, 1.54) is 0 Å². The maximum absolute atomic E-state index is 12.7. The average molecular weight is 515 g/mol. The molecule has 2 amide bonds. The van der Waals surface area contributed by atoms with Crippen molar-refractivity contribution in [1.82, 2.24) is 0 Å². The first-order chi connectivity index (χ1) is 16.9. The van der Waals surface area contributed by atoms with Gasteiger partial charge in [-0.2, -0.15) is 0 Å². The smallest absolute Gasteiger partial charge is 0.265 e. The van der Waals surface area contributed by atoms with Crippen LogP contribution >= 0.6 is 23.2 Å². The van der Waals surface area contributed by atoms with Gasteiger partial charge in [0.25, 0.3) is 11.8 Å². The van der Waals surface area contributed by atoms with E-state index in [4.69, 9.17) is 37.4 Å². The third-order valence-corrected chi connectivity index (χ3v) is 5.80. The Morgan fingerprint density at radius 1 is 1.11 bits per heavy atom. The highest BCUT2D eigenvalue weighted by molar-refractivity contribution is 6.35. The van der Waals surface area contributed by atoms with Crippen LogP contribution in [0.3, 0.4) is 0 Å². The molecular formula is C26H24Cl2N2O5. The van der Waals surface area contributed by atoms with Crippen LogP contribution in [0.5, 0.6) is 17.2 Å². The van der Waals surface area contributed by atoms with Gasteiger partial charge in [0.1, 0.15) is 17.2 Å². The molecule has 182 valence electrons. The minimum absolute atomic E-state index is 0.0367. The molecule has 3 aromatic rings. The molecule has 7 nitrogen and oxygen atoms in total. The Kier molecular flexibility index (Phi) is 8.00. The Bertz CT molecular complexity index is 1210. The summed E-state index contributed by atoms with van der Waals surface area (Å²) in [4.78, 5) is 26.9. The zero-order valence-corrected chi connectivity index (χ0v) is 20.5. The molecule has 1 atom stereocenters. The van der Waals surface area contributed by atoms with E-state index >= 15 is 0 Å². The molecule has 4 rings (SSSR count). The quantitative estimate of drug-likeness (QED) is 0.376. The van der Waals surface area contributed by atoms with Crippen LogP contribution < -0.4 is 24.4 Å². The van der Waals surface area contributed by atoms with Gasteiger partial charge in [0, 0.05) is 17.3 Å². The van der Waals surface area contributed by atoms with E-state index in [9.17, 15) is 9.59 Å².